The SMILES string of the molecule is CC(C)N(C)Cc1ccc(OC2CCN(Cc3c(F)c(F)c(F)c(F)c3F)C2)nc1. The molecule has 0 saturated carbocycles. The van der Waals surface area contributed by atoms with Crippen LogP contribution in [0.2, 0.25) is 0 Å². The molecule has 2 aromatic rings. The summed E-state index contributed by atoms with van der Waals surface area (Å²) in [6.45, 7) is 5.26. The fraction of sp³-hybridized carbons (Fsp3) is 0.476. The fourth-order valence-electron chi connectivity index (χ4n) is 3.27. The second-order valence-electron chi connectivity index (χ2n) is 7.83. The van der Waals surface area contributed by atoms with Gasteiger partial charge in [-0.1, -0.05) is 6.07 Å². The zero-order valence-corrected chi connectivity index (χ0v) is 17.1. The summed E-state index contributed by atoms with van der Waals surface area (Å²) >= 11 is 0. The van der Waals surface area contributed by atoms with Crippen molar-refractivity contribution in [2.24, 2.45) is 0 Å². The van der Waals surface area contributed by atoms with Crippen LogP contribution < -0.4 is 4.74 Å². The summed E-state index contributed by atoms with van der Waals surface area (Å²) in [4.78, 5) is 8.06. The van der Waals surface area contributed by atoms with Crippen LogP contribution in [0.15, 0.2) is 18.3 Å². The van der Waals surface area contributed by atoms with E-state index in [0.717, 1.165) is 12.1 Å². The Labute approximate surface area is 172 Å². The van der Waals surface area contributed by atoms with Crippen molar-refractivity contribution in [1.82, 2.24) is 14.8 Å². The normalized spacial score (nSPS) is 17.3. The predicted octanol–water partition coefficient (Wildman–Crippen LogP) is 4.27. The minimum atomic E-state index is -2.15. The number of hydrogen-bond acceptors (Lipinski definition) is 4. The smallest absolute Gasteiger partial charge is 0.213 e. The minimum Gasteiger partial charge on any atom is -0.473 e. The van der Waals surface area contributed by atoms with E-state index in [9.17, 15) is 22.0 Å². The Morgan fingerprint density at radius 2 is 1.70 bits per heavy atom. The van der Waals surface area contributed by atoms with E-state index in [1.807, 2.05) is 13.1 Å². The van der Waals surface area contributed by atoms with E-state index in [1.54, 1.807) is 17.2 Å². The highest BCUT2D eigenvalue weighted by molar-refractivity contribution is 5.24. The third kappa shape index (κ3) is 4.89. The van der Waals surface area contributed by atoms with Crippen LogP contribution in [0.3, 0.4) is 0 Å². The standard InChI is InChI=1S/C21H24F5N3O/c1-12(2)28(3)9-13-4-5-16(27-8-13)30-14-6-7-29(10-14)11-15-17(22)19(24)21(26)20(25)18(15)23/h4-5,8,12,14H,6-7,9-11H2,1-3H3. The molecule has 4 nitrogen and oxygen atoms in total. The van der Waals surface area contributed by atoms with Gasteiger partial charge in [0.05, 0.1) is 0 Å². The summed E-state index contributed by atoms with van der Waals surface area (Å²) in [7, 11) is 2.02. The Kier molecular flexibility index (Phi) is 6.92. The van der Waals surface area contributed by atoms with Crippen LogP contribution in [0, 0.1) is 29.1 Å². The summed E-state index contributed by atoms with van der Waals surface area (Å²) in [5.74, 6) is -9.16. The van der Waals surface area contributed by atoms with Crippen molar-refractivity contribution >= 4 is 0 Å². The number of pyridine rings is 1. The number of rotatable bonds is 7. The van der Waals surface area contributed by atoms with Crippen molar-refractivity contribution in [1.29, 1.82) is 0 Å². The van der Waals surface area contributed by atoms with Gasteiger partial charge in [-0.25, -0.2) is 26.9 Å². The van der Waals surface area contributed by atoms with E-state index in [4.69, 9.17) is 4.74 Å². The van der Waals surface area contributed by atoms with Crippen molar-refractivity contribution < 1.29 is 26.7 Å². The molecule has 0 radical (unpaired) electrons. The van der Waals surface area contributed by atoms with Crippen LogP contribution in [-0.4, -0.2) is 47.1 Å². The lowest BCUT2D eigenvalue weighted by atomic mass is 10.1. The Bertz CT molecular complexity index is 862. The van der Waals surface area contributed by atoms with Crippen LogP contribution >= 0.6 is 0 Å². The minimum absolute atomic E-state index is 0.289. The number of halogens is 5. The van der Waals surface area contributed by atoms with Crippen LogP contribution in [0.1, 0.15) is 31.4 Å². The van der Waals surface area contributed by atoms with Crippen LogP contribution in [0.4, 0.5) is 22.0 Å². The van der Waals surface area contributed by atoms with Gasteiger partial charge in [0.2, 0.25) is 11.7 Å². The summed E-state index contributed by atoms with van der Waals surface area (Å²) in [6.07, 6.45) is 1.99. The molecule has 1 aliphatic heterocycles. The third-order valence-corrected chi connectivity index (χ3v) is 5.31. The Balaban J connectivity index is 1.59. The van der Waals surface area contributed by atoms with Crippen molar-refractivity contribution in [3.8, 4) is 5.88 Å². The Morgan fingerprint density at radius 1 is 1.07 bits per heavy atom. The first kappa shape index (κ1) is 22.4. The lowest BCUT2D eigenvalue weighted by Crippen LogP contribution is -2.26. The van der Waals surface area contributed by atoms with E-state index in [1.165, 1.54) is 0 Å². The molecule has 1 aromatic carbocycles. The first-order valence-corrected chi connectivity index (χ1v) is 9.71. The summed E-state index contributed by atoms with van der Waals surface area (Å²) in [5.41, 5.74) is 0.210. The van der Waals surface area contributed by atoms with Gasteiger partial charge in [0.1, 0.15) is 6.10 Å². The largest absolute Gasteiger partial charge is 0.473 e. The van der Waals surface area contributed by atoms with Gasteiger partial charge < -0.3 is 4.74 Å². The van der Waals surface area contributed by atoms with Crippen molar-refractivity contribution in [2.75, 3.05) is 20.1 Å². The second-order valence-corrected chi connectivity index (χ2v) is 7.83. The molecule has 0 N–H and O–H groups in total. The average molecular weight is 429 g/mol. The molecule has 1 saturated heterocycles. The third-order valence-electron chi connectivity index (χ3n) is 5.31. The van der Waals surface area contributed by atoms with E-state index in [-0.39, 0.29) is 12.6 Å². The summed E-state index contributed by atoms with van der Waals surface area (Å²) in [5, 5.41) is 0. The highest BCUT2D eigenvalue weighted by Crippen LogP contribution is 2.26. The van der Waals surface area contributed by atoms with E-state index >= 15 is 0 Å². The zero-order valence-electron chi connectivity index (χ0n) is 17.1. The van der Waals surface area contributed by atoms with Gasteiger partial charge in [-0.3, -0.25) is 9.80 Å². The maximum absolute atomic E-state index is 13.9. The number of aromatic nitrogens is 1. The van der Waals surface area contributed by atoms with Gasteiger partial charge in [0.25, 0.3) is 0 Å². The molecular weight excluding hydrogens is 405 g/mol. The lowest BCUT2D eigenvalue weighted by Gasteiger charge is -2.21. The number of ether oxygens (including phenoxy) is 1. The second kappa shape index (κ2) is 9.26. The Morgan fingerprint density at radius 3 is 2.27 bits per heavy atom. The maximum Gasteiger partial charge on any atom is 0.213 e. The highest BCUT2D eigenvalue weighted by atomic mass is 19.2. The van der Waals surface area contributed by atoms with Gasteiger partial charge in [0, 0.05) is 50.0 Å². The first-order valence-electron chi connectivity index (χ1n) is 9.71. The molecule has 3 rings (SSSR count). The molecule has 2 heterocycles. The fourth-order valence-corrected chi connectivity index (χ4v) is 3.27. The average Bonchev–Trinajstić information content (AvgIpc) is 3.16. The molecule has 1 aromatic heterocycles. The van der Waals surface area contributed by atoms with Gasteiger partial charge >= 0.3 is 0 Å². The number of hydrogen-bond donors (Lipinski definition) is 0. The number of nitrogens with zero attached hydrogens (tertiary/aromatic N) is 3. The summed E-state index contributed by atoms with van der Waals surface area (Å²) in [6, 6.07) is 4.09. The molecule has 0 bridgehead atoms. The van der Waals surface area contributed by atoms with Gasteiger partial charge in [0.15, 0.2) is 23.3 Å². The Hall–Kier alpha value is -2.26. The molecule has 9 heteroatoms. The molecule has 1 unspecified atom stereocenters. The monoisotopic (exact) mass is 429 g/mol. The molecule has 1 aliphatic rings. The quantitative estimate of drug-likeness (QED) is 0.373. The molecule has 0 amide bonds. The van der Waals surface area contributed by atoms with Gasteiger partial charge in [-0.2, -0.15) is 0 Å². The van der Waals surface area contributed by atoms with E-state index < -0.39 is 34.6 Å². The van der Waals surface area contributed by atoms with Crippen LogP contribution in [0.25, 0.3) is 0 Å². The zero-order chi connectivity index (χ0) is 22.0. The first-order chi connectivity index (χ1) is 14.2. The van der Waals surface area contributed by atoms with Crippen LogP contribution in [0.5, 0.6) is 5.88 Å². The van der Waals surface area contributed by atoms with Gasteiger partial charge in [-0.05, 0) is 32.9 Å². The van der Waals surface area contributed by atoms with Crippen molar-refractivity contribution in [2.45, 2.75) is 45.5 Å². The molecule has 30 heavy (non-hydrogen) atoms. The molecule has 0 spiro atoms. The number of likely N-dealkylation sites (tertiary alicyclic amines) is 1. The summed E-state index contributed by atoms with van der Waals surface area (Å²) < 4.78 is 73.5. The van der Waals surface area contributed by atoms with E-state index in [0.29, 0.717) is 31.4 Å². The maximum atomic E-state index is 13.9. The van der Waals surface area contributed by atoms with Crippen molar-refractivity contribution in [3.05, 3.63) is 58.5 Å². The predicted molar refractivity (Wildman–Crippen MR) is 101 cm³/mol. The number of benzene rings is 1. The molecule has 1 atom stereocenters. The molecular formula is C21H24F5N3O. The lowest BCUT2D eigenvalue weighted by molar-refractivity contribution is 0.189. The molecule has 1 fully saturated rings. The topological polar surface area (TPSA) is 28.6 Å². The molecule has 164 valence electrons. The van der Waals surface area contributed by atoms with Crippen molar-refractivity contribution in [3.63, 3.8) is 0 Å². The van der Waals surface area contributed by atoms with Gasteiger partial charge in [-0.15, -0.1) is 0 Å². The highest BCUT2D eigenvalue weighted by Gasteiger charge is 2.30. The van der Waals surface area contributed by atoms with Crippen LogP contribution in [-0.2, 0) is 13.1 Å². The molecule has 0 aliphatic carbocycles. The van der Waals surface area contributed by atoms with E-state index in [2.05, 4.69) is 23.7 Å².